The van der Waals surface area contributed by atoms with Crippen LogP contribution in [0.15, 0.2) is 12.3 Å². The predicted molar refractivity (Wildman–Crippen MR) is 57.9 cm³/mol. The molecule has 0 aliphatic rings. The van der Waals surface area contributed by atoms with Crippen LogP contribution < -0.4 is 0 Å². The number of nitrogens with zero attached hydrogens (tertiary/aromatic N) is 2. The molecular formula is C10H7F3N2OS. The highest BCUT2D eigenvalue weighted by Gasteiger charge is 2.37. The monoisotopic (exact) mass is 260 g/mol. The summed E-state index contributed by atoms with van der Waals surface area (Å²) >= 11 is 1.17. The number of allylic oxidation sites excluding steroid dienone is 1. The molecule has 2 aromatic rings. The van der Waals surface area contributed by atoms with Crippen LogP contribution in [0.4, 0.5) is 13.2 Å². The molecule has 0 amide bonds. The van der Waals surface area contributed by atoms with Crippen LogP contribution >= 0.6 is 11.3 Å². The Bertz CT molecular complexity index is 594. The van der Waals surface area contributed by atoms with E-state index in [-0.39, 0.29) is 10.7 Å². The number of hydrogen-bond acceptors (Lipinski definition) is 3. The molecule has 0 bridgehead atoms. The van der Waals surface area contributed by atoms with Gasteiger partial charge in [0.1, 0.15) is 6.29 Å². The van der Waals surface area contributed by atoms with E-state index in [9.17, 15) is 18.0 Å². The second kappa shape index (κ2) is 3.99. The molecule has 0 aliphatic heterocycles. The van der Waals surface area contributed by atoms with Crippen molar-refractivity contribution in [2.75, 3.05) is 0 Å². The van der Waals surface area contributed by atoms with E-state index < -0.39 is 11.9 Å². The zero-order chi connectivity index (χ0) is 12.6. The lowest BCUT2D eigenvalue weighted by Gasteiger charge is -2.03. The molecule has 17 heavy (non-hydrogen) atoms. The van der Waals surface area contributed by atoms with E-state index in [0.29, 0.717) is 6.29 Å². The van der Waals surface area contributed by atoms with E-state index in [4.69, 9.17) is 0 Å². The molecule has 0 N–H and O–H groups in total. The van der Waals surface area contributed by atoms with Gasteiger partial charge < -0.3 is 0 Å². The van der Waals surface area contributed by atoms with Crippen molar-refractivity contribution in [3.63, 3.8) is 0 Å². The number of carbonyl (C=O) groups is 1. The fourth-order valence-electron chi connectivity index (χ4n) is 1.47. The van der Waals surface area contributed by atoms with Gasteiger partial charge in [-0.3, -0.25) is 9.20 Å². The average Bonchev–Trinajstić information content (AvgIpc) is 2.70. The third-order valence-corrected chi connectivity index (χ3v) is 2.98. The number of carbonyl (C=O) groups excluding carboxylic acids is 1. The molecule has 0 radical (unpaired) electrons. The van der Waals surface area contributed by atoms with Crippen LogP contribution in [-0.2, 0) is 11.0 Å². The van der Waals surface area contributed by atoms with Crippen LogP contribution in [0.25, 0.3) is 11.0 Å². The first kappa shape index (κ1) is 11.8. The van der Waals surface area contributed by atoms with Gasteiger partial charge in [-0.05, 0) is 19.1 Å². The van der Waals surface area contributed by atoms with E-state index in [1.54, 1.807) is 13.1 Å². The molecule has 0 saturated heterocycles. The van der Waals surface area contributed by atoms with Gasteiger partial charge in [0.05, 0.1) is 5.69 Å². The number of imidazole rings is 1. The second-order valence-electron chi connectivity index (χ2n) is 3.33. The molecule has 0 aliphatic carbocycles. The highest BCUT2D eigenvalue weighted by atomic mass is 32.1. The smallest absolute Gasteiger partial charge is 0.299 e. The molecular weight excluding hydrogens is 253 g/mol. The van der Waals surface area contributed by atoms with E-state index in [1.165, 1.54) is 15.7 Å². The lowest BCUT2D eigenvalue weighted by molar-refractivity contribution is -0.141. The van der Waals surface area contributed by atoms with Crippen molar-refractivity contribution in [2.45, 2.75) is 13.1 Å². The molecule has 2 heterocycles. The van der Waals surface area contributed by atoms with Crippen LogP contribution in [0.5, 0.6) is 0 Å². The Morgan fingerprint density at radius 1 is 1.47 bits per heavy atom. The van der Waals surface area contributed by atoms with Crippen LogP contribution in [0.1, 0.15) is 16.3 Å². The van der Waals surface area contributed by atoms with Crippen molar-refractivity contribution in [3.8, 4) is 0 Å². The molecule has 0 spiro atoms. The quantitative estimate of drug-likeness (QED) is 0.614. The fraction of sp³-hybridized carbons (Fsp3) is 0.200. The van der Waals surface area contributed by atoms with E-state index in [0.717, 1.165) is 17.0 Å². The fourth-order valence-corrected chi connectivity index (χ4v) is 2.30. The Morgan fingerprint density at radius 2 is 2.18 bits per heavy atom. The highest BCUT2D eigenvalue weighted by molar-refractivity contribution is 7.17. The van der Waals surface area contributed by atoms with E-state index in [1.807, 2.05) is 0 Å². The number of halogens is 3. The summed E-state index contributed by atoms with van der Waals surface area (Å²) in [5.74, 6) is 0. The molecule has 2 aromatic heterocycles. The number of hydrogen-bond donors (Lipinski definition) is 0. The first-order valence-corrected chi connectivity index (χ1v) is 5.42. The molecule has 90 valence electrons. The third-order valence-electron chi connectivity index (χ3n) is 2.08. The summed E-state index contributed by atoms with van der Waals surface area (Å²) < 4.78 is 39.4. The number of aryl methyl sites for hydroxylation is 1. The number of rotatable bonds is 2. The summed E-state index contributed by atoms with van der Waals surface area (Å²) in [5, 5.41) is 0. The molecule has 7 heteroatoms. The molecule has 3 nitrogen and oxygen atoms in total. The Labute approximate surface area is 98.2 Å². The Morgan fingerprint density at radius 3 is 2.76 bits per heavy atom. The molecule has 0 unspecified atom stereocenters. The molecule has 2 rings (SSSR count). The van der Waals surface area contributed by atoms with Crippen molar-refractivity contribution in [2.24, 2.45) is 0 Å². The summed E-state index contributed by atoms with van der Waals surface area (Å²) in [6.07, 6.45) is -0.401. The van der Waals surface area contributed by atoms with E-state index >= 15 is 0 Å². The van der Waals surface area contributed by atoms with Crippen molar-refractivity contribution >= 4 is 28.7 Å². The van der Waals surface area contributed by atoms with Gasteiger partial charge in [0.2, 0.25) is 0 Å². The highest BCUT2D eigenvalue weighted by Crippen LogP contribution is 2.34. The van der Waals surface area contributed by atoms with Gasteiger partial charge in [-0.25, -0.2) is 4.98 Å². The molecule has 0 atom stereocenters. The van der Waals surface area contributed by atoms with Crippen molar-refractivity contribution in [1.82, 2.24) is 9.38 Å². The lowest BCUT2D eigenvalue weighted by atomic mass is 10.3. The van der Waals surface area contributed by atoms with Gasteiger partial charge in [0.25, 0.3) is 0 Å². The summed E-state index contributed by atoms with van der Waals surface area (Å²) in [7, 11) is 0. The summed E-state index contributed by atoms with van der Waals surface area (Å²) in [4.78, 5) is 14.9. The minimum Gasteiger partial charge on any atom is -0.299 e. The van der Waals surface area contributed by atoms with Crippen molar-refractivity contribution < 1.29 is 18.0 Å². The minimum atomic E-state index is -4.53. The third kappa shape index (κ3) is 2.10. The Kier molecular flexibility index (Phi) is 2.78. The first-order chi connectivity index (χ1) is 7.93. The maximum Gasteiger partial charge on any atom is 0.435 e. The van der Waals surface area contributed by atoms with Crippen LogP contribution in [0.3, 0.4) is 0 Å². The lowest BCUT2D eigenvalue weighted by Crippen LogP contribution is -2.07. The SMILES string of the molecule is Cc1cn2c(/C=C/C=O)c(C(F)(F)F)nc2s1. The van der Waals surface area contributed by atoms with Gasteiger partial charge in [0.15, 0.2) is 10.7 Å². The van der Waals surface area contributed by atoms with Gasteiger partial charge >= 0.3 is 6.18 Å². The number of aldehydes is 1. The second-order valence-corrected chi connectivity index (χ2v) is 4.55. The van der Waals surface area contributed by atoms with Crippen molar-refractivity contribution in [1.29, 1.82) is 0 Å². The van der Waals surface area contributed by atoms with Crippen LogP contribution in [-0.4, -0.2) is 15.7 Å². The number of thiazole rings is 1. The summed E-state index contributed by atoms with van der Waals surface area (Å²) in [6, 6.07) is 0. The molecule has 0 aromatic carbocycles. The van der Waals surface area contributed by atoms with Gasteiger partial charge in [0, 0.05) is 11.1 Å². The Hall–Kier alpha value is -1.63. The zero-order valence-corrected chi connectivity index (χ0v) is 9.47. The largest absolute Gasteiger partial charge is 0.435 e. The topological polar surface area (TPSA) is 34.4 Å². The van der Waals surface area contributed by atoms with E-state index in [2.05, 4.69) is 4.98 Å². The van der Waals surface area contributed by atoms with Crippen LogP contribution in [0, 0.1) is 6.92 Å². The standard InChI is InChI=1S/C10H7F3N2OS/c1-6-5-15-7(3-2-4-16)8(10(11,12)13)14-9(15)17-6/h2-5H,1H3/b3-2+. The number of alkyl halides is 3. The number of fused-ring (bicyclic) bond motifs is 1. The maximum atomic E-state index is 12.7. The zero-order valence-electron chi connectivity index (χ0n) is 8.65. The minimum absolute atomic E-state index is 0.121. The summed E-state index contributed by atoms with van der Waals surface area (Å²) in [6.45, 7) is 1.78. The van der Waals surface area contributed by atoms with Gasteiger partial charge in [-0.2, -0.15) is 13.2 Å². The molecule has 0 fully saturated rings. The maximum absolute atomic E-state index is 12.7. The van der Waals surface area contributed by atoms with Crippen LogP contribution in [0.2, 0.25) is 0 Å². The predicted octanol–water partition coefficient (Wildman–Crippen LogP) is 2.94. The molecule has 0 saturated carbocycles. The van der Waals surface area contributed by atoms with Gasteiger partial charge in [-0.1, -0.05) is 0 Å². The Balaban J connectivity index is 2.71. The first-order valence-electron chi connectivity index (χ1n) is 4.61. The van der Waals surface area contributed by atoms with Gasteiger partial charge in [-0.15, -0.1) is 11.3 Å². The summed E-state index contributed by atoms with van der Waals surface area (Å²) in [5.41, 5.74) is -1.09. The number of aromatic nitrogens is 2. The normalized spacial score (nSPS) is 12.7. The van der Waals surface area contributed by atoms with Crippen molar-refractivity contribution in [3.05, 3.63) is 28.5 Å². The average molecular weight is 260 g/mol.